The first kappa shape index (κ1) is 20.5. The molecule has 0 saturated carbocycles. The largest absolute Gasteiger partial charge is 0.477 e. The number of rotatable bonds is 6. The number of hydrogen-bond acceptors (Lipinski definition) is 7. The first-order chi connectivity index (χ1) is 15.1. The van der Waals surface area contributed by atoms with Gasteiger partial charge in [-0.3, -0.25) is 4.90 Å². The van der Waals surface area contributed by atoms with Crippen molar-refractivity contribution in [3.05, 3.63) is 23.6 Å². The number of nitrogens with zero attached hydrogens (tertiary/aromatic N) is 5. The van der Waals surface area contributed by atoms with Crippen molar-refractivity contribution in [2.24, 2.45) is 0 Å². The summed E-state index contributed by atoms with van der Waals surface area (Å²) in [7, 11) is 0. The van der Waals surface area contributed by atoms with E-state index in [2.05, 4.69) is 30.3 Å². The highest BCUT2D eigenvalue weighted by Crippen LogP contribution is 2.33. The maximum Gasteiger partial charge on any atom is 0.232 e. The molecule has 31 heavy (non-hydrogen) atoms. The Morgan fingerprint density at radius 3 is 3.00 bits per heavy atom. The van der Waals surface area contributed by atoms with Gasteiger partial charge < -0.3 is 19.8 Å². The van der Waals surface area contributed by atoms with Crippen LogP contribution in [0.4, 0.5) is 16.0 Å². The number of likely N-dealkylation sites (tertiary alicyclic amines) is 1. The van der Waals surface area contributed by atoms with Crippen LogP contribution in [0.25, 0.3) is 11.0 Å². The van der Waals surface area contributed by atoms with Crippen molar-refractivity contribution in [3.8, 4) is 5.88 Å². The molecule has 2 N–H and O–H groups in total. The lowest BCUT2D eigenvalue weighted by Gasteiger charge is -2.36. The minimum absolute atomic E-state index is 0.116. The molecule has 2 aliphatic heterocycles. The van der Waals surface area contributed by atoms with Gasteiger partial charge in [0.1, 0.15) is 11.8 Å². The number of ether oxygens (including phenoxy) is 2. The Kier molecular flexibility index (Phi) is 5.68. The average Bonchev–Trinajstić information content (AvgIpc) is 3.26. The second-order valence-corrected chi connectivity index (χ2v) is 8.26. The third-order valence-corrected chi connectivity index (χ3v) is 6.21. The molecule has 0 amide bonds. The fraction of sp³-hybridized carbons (Fsp3) is 0.550. The molecule has 166 valence electrons. The molecule has 0 spiro atoms. The van der Waals surface area contributed by atoms with E-state index in [-0.39, 0.29) is 6.04 Å². The second-order valence-electron chi connectivity index (χ2n) is 7.91. The van der Waals surface area contributed by atoms with Crippen LogP contribution in [0.3, 0.4) is 0 Å². The van der Waals surface area contributed by atoms with Gasteiger partial charge in [0.2, 0.25) is 11.8 Å². The minimum Gasteiger partial charge on any atom is -0.477 e. The van der Waals surface area contributed by atoms with Gasteiger partial charge in [0, 0.05) is 25.7 Å². The molecule has 5 rings (SSSR count). The first-order valence-corrected chi connectivity index (χ1v) is 10.9. The van der Waals surface area contributed by atoms with Gasteiger partial charge in [-0.2, -0.15) is 15.1 Å². The van der Waals surface area contributed by atoms with E-state index in [9.17, 15) is 4.39 Å². The zero-order valence-corrected chi connectivity index (χ0v) is 18.0. The molecule has 0 bridgehead atoms. The number of aromatic amines is 1. The number of aromatic nitrogens is 5. The number of anilines is 2. The Morgan fingerprint density at radius 1 is 1.35 bits per heavy atom. The maximum absolute atomic E-state index is 14.7. The summed E-state index contributed by atoms with van der Waals surface area (Å²) in [6.07, 6.45) is 3.63. The van der Waals surface area contributed by atoms with Gasteiger partial charge in [0.05, 0.1) is 49.2 Å². The van der Waals surface area contributed by atoms with Crippen LogP contribution >= 0.6 is 11.6 Å². The lowest BCUT2D eigenvalue weighted by Crippen LogP contribution is -2.50. The average molecular weight is 450 g/mol. The van der Waals surface area contributed by atoms with Gasteiger partial charge in [-0.05, 0) is 19.4 Å². The highest BCUT2D eigenvalue weighted by atomic mass is 35.5. The normalized spacial score (nSPS) is 22.9. The standard InChI is InChI=1S/C20H25ClFN7O2/c1-2-31-19-15-3-5-23-18(15)26-20(27-19)25-16-8-24-29(17(16)21)13-4-6-28(9-12(22)7-13)14-10-30-11-14/h3,5,8,12-14H,2,4,6-7,9-11H2,1H3,(H2,23,25,26,27)/t12-,13+/m0/s1. The Bertz CT molecular complexity index is 1050. The summed E-state index contributed by atoms with van der Waals surface area (Å²) < 4.78 is 27.3. The lowest BCUT2D eigenvalue weighted by molar-refractivity contribution is -0.0681. The SMILES string of the molecule is CCOc1nc(Nc2cnn([C@@H]3CCN(C4COC4)C[C@@H](F)C3)c2Cl)nc2[nH]ccc12. The molecule has 2 saturated heterocycles. The number of H-pyrrole nitrogens is 1. The summed E-state index contributed by atoms with van der Waals surface area (Å²) >= 11 is 6.63. The Morgan fingerprint density at radius 2 is 2.23 bits per heavy atom. The van der Waals surface area contributed by atoms with E-state index in [1.165, 1.54) is 0 Å². The third-order valence-electron chi connectivity index (χ3n) is 5.84. The van der Waals surface area contributed by atoms with E-state index in [4.69, 9.17) is 21.1 Å². The second kappa shape index (κ2) is 8.60. The quantitative estimate of drug-likeness (QED) is 0.596. The molecular weight excluding hydrogens is 425 g/mol. The smallest absolute Gasteiger partial charge is 0.232 e. The molecule has 5 heterocycles. The minimum atomic E-state index is -0.933. The van der Waals surface area contributed by atoms with E-state index in [0.717, 1.165) is 18.4 Å². The van der Waals surface area contributed by atoms with Crippen LogP contribution in [0.15, 0.2) is 18.5 Å². The van der Waals surface area contributed by atoms with E-state index < -0.39 is 6.17 Å². The summed E-state index contributed by atoms with van der Waals surface area (Å²) in [4.78, 5) is 14.2. The lowest BCUT2D eigenvalue weighted by atomic mass is 10.1. The number of fused-ring (bicyclic) bond motifs is 1. The highest BCUT2D eigenvalue weighted by molar-refractivity contribution is 6.32. The van der Waals surface area contributed by atoms with E-state index >= 15 is 0 Å². The zero-order valence-electron chi connectivity index (χ0n) is 17.2. The fourth-order valence-corrected chi connectivity index (χ4v) is 4.44. The van der Waals surface area contributed by atoms with Crippen molar-refractivity contribution in [1.82, 2.24) is 29.6 Å². The van der Waals surface area contributed by atoms with Crippen LogP contribution in [0.2, 0.25) is 5.15 Å². The zero-order chi connectivity index (χ0) is 21.4. The summed E-state index contributed by atoms with van der Waals surface area (Å²) in [5.41, 5.74) is 1.23. The molecule has 11 heteroatoms. The summed E-state index contributed by atoms with van der Waals surface area (Å²) in [6, 6.07) is 2.07. The van der Waals surface area contributed by atoms with Crippen molar-refractivity contribution in [1.29, 1.82) is 0 Å². The predicted octanol–water partition coefficient (Wildman–Crippen LogP) is 3.32. The van der Waals surface area contributed by atoms with Gasteiger partial charge in [0.15, 0.2) is 5.15 Å². The van der Waals surface area contributed by atoms with Crippen LogP contribution in [-0.2, 0) is 4.74 Å². The number of nitrogens with one attached hydrogen (secondary N) is 2. The van der Waals surface area contributed by atoms with Crippen LogP contribution < -0.4 is 10.1 Å². The molecule has 0 aliphatic carbocycles. The van der Waals surface area contributed by atoms with Crippen LogP contribution in [0.1, 0.15) is 25.8 Å². The van der Waals surface area contributed by atoms with Gasteiger partial charge >= 0.3 is 0 Å². The maximum atomic E-state index is 14.7. The van der Waals surface area contributed by atoms with E-state index in [1.54, 1.807) is 17.1 Å². The van der Waals surface area contributed by atoms with Crippen LogP contribution in [0.5, 0.6) is 5.88 Å². The van der Waals surface area contributed by atoms with Crippen LogP contribution in [0, 0.1) is 0 Å². The van der Waals surface area contributed by atoms with Gasteiger partial charge in [-0.15, -0.1) is 0 Å². The Labute approximate surface area is 183 Å². The molecular formula is C20H25ClFN7O2. The molecule has 9 nitrogen and oxygen atoms in total. The van der Waals surface area contributed by atoms with Crippen molar-refractivity contribution in [2.45, 2.75) is 38.0 Å². The van der Waals surface area contributed by atoms with Crippen LogP contribution in [-0.4, -0.2) is 74.8 Å². The molecule has 2 fully saturated rings. The molecule has 2 aliphatic rings. The summed E-state index contributed by atoms with van der Waals surface area (Å²) in [6.45, 7) is 4.98. The number of halogens is 2. The topological polar surface area (TPSA) is 93.1 Å². The third kappa shape index (κ3) is 4.07. The summed E-state index contributed by atoms with van der Waals surface area (Å²) in [5.74, 6) is 0.837. The predicted molar refractivity (Wildman–Crippen MR) is 115 cm³/mol. The fourth-order valence-electron chi connectivity index (χ4n) is 4.16. The summed E-state index contributed by atoms with van der Waals surface area (Å²) in [5, 5.41) is 8.79. The monoisotopic (exact) mass is 449 g/mol. The van der Waals surface area contributed by atoms with Crippen molar-refractivity contribution in [3.63, 3.8) is 0 Å². The Balaban J connectivity index is 1.35. The van der Waals surface area contributed by atoms with Crippen molar-refractivity contribution >= 4 is 34.3 Å². The molecule has 2 atom stereocenters. The van der Waals surface area contributed by atoms with Gasteiger partial charge in [-0.1, -0.05) is 11.6 Å². The van der Waals surface area contributed by atoms with Gasteiger partial charge in [0.25, 0.3) is 0 Å². The highest BCUT2D eigenvalue weighted by Gasteiger charge is 2.33. The number of hydrogen-bond donors (Lipinski definition) is 2. The molecule has 0 radical (unpaired) electrons. The molecule has 3 aromatic rings. The van der Waals surface area contributed by atoms with Crippen molar-refractivity contribution in [2.75, 3.05) is 38.2 Å². The number of alkyl halides is 1. The van der Waals surface area contributed by atoms with E-state index in [1.807, 2.05) is 13.0 Å². The first-order valence-electron chi connectivity index (χ1n) is 10.6. The van der Waals surface area contributed by atoms with E-state index in [0.29, 0.717) is 67.1 Å². The Hall–Kier alpha value is -2.43. The van der Waals surface area contributed by atoms with Crippen molar-refractivity contribution < 1.29 is 13.9 Å². The molecule has 0 aromatic carbocycles. The van der Waals surface area contributed by atoms with Gasteiger partial charge in [-0.25, -0.2) is 9.07 Å². The molecule has 3 aromatic heterocycles. The molecule has 0 unspecified atom stereocenters.